The van der Waals surface area contributed by atoms with E-state index in [4.69, 9.17) is 4.74 Å². The van der Waals surface area contributed by atoms with Gasteiger partial charge in [-0.05, 0) is 25.0 Å². The molecule has 0 aromatic heterocycles. The zero-order valence-electron chi connectivity index (χ0n) is 10.8. The van der Waals surface area contributed by atoms with Crippen LogP contribution in [0.25, 0.3) is 6.08 Å². The highest BCUT2D eigenvalue weighted by molar-refractivity contribution is 6.20. The molecule has 0 aliphatic heterocycles. The lowest BCUT2D eigenvalue weighted by Crippen LogP contribution is -2.15. The number of hydrogen-bond donors (Lipinski definition) is 0. The minimum absolute atomic E-state index is 0.130. The molecule has 0 aliphatic carbocycles. The molecule has 0 aliphatic rings. The molecule has 3 nitrogen and oxygen atoms in total. The lowest BCUT2D eigenvalue weighted by Gasteiger charge is -2.05. The Kier molecular flexibility index (Phi) is 5.85. The van der Waals surface area contributed by atoms with Crippen LogP contribution in [0.1, 0.15) is 32.3 Å². The van der Waals surface area contributed by atoms with Gasteiger partial charge in [-0.2, -0.15) is 0 Å². The number of carbonyl (C=O) groups is 2. The zero-order chi connectivity index (χ0) is 13.4. The first kappa shape index (κ1) is 14.2. The fourth-order valence-electron chi connectivity index (χ4n) is 1.54. The molecule has 0 saturated heterocycles. The topological polar surface area (TPSA) is 43.4 Å². The number of carbonyl (C=O) groups excluding carboxylic acids is 2. The number of ether oxygens (including phenoxy) is 1. The van der Waals surface area contributed by atoms with Gasteiger partial charge in [-0.15, -0.1) is 0 Å². The van der Waals surface area contributed by atoms with Gasteiger partial charge in [0.1, 0.15) is 5.57 Å². The highest BCUT2D eigenvalue weighted by Crippen LogP contribution is 2.12. The molecule has 0 heterocycles. The minimum atomic E-state index is -0.542. The third-order valence-electron chi connectivity index (χ3n) is 2.38. The molecular weight excluding hydrogens is 228 g/mol. The van der Waals surface area contributed by atoms with Crippen LogP contribution in [-0.2, 0) is 14.3 Å². The van der Waals surface area contributed by atoms with Crippen molar-refractivity contribution in [1.29, 1.82) is 0 Å². The molecule has 1 aromatic rings. The lowest BCUT2D eigenvalue weighted by molar-refractivity contribution is -0.139. The van der Waals surface area contributed by atoms with Crippen LogP contribution in [0.3, 0.4) is 0 Å². The van der Waals surface area contributed by atoms with E-state index in [0.29, 0.717) is 12.8 Å². The van der Waals surface area contributed by atoms with E-state index in [9.17, 15) is 9.59 Å². The molecule has 3 heteroatoms. The summed E-state index contributed by atoms with van der Waals surface area (Å²) in [4.78, 5) is 23.6. The van der Waals surface area contributed by atoms with Crippen molar-refractivity contribution < 1.29 is 14.3 Å². The fourth-order valence-corrected chi connectivity index (χ4v) is 1.54. The van der Waals surface area contributed by atoms with Crippen LogP contribution < -0.4 is 0 Å². The summed E-state index contributed by atoms with van der Waals surface area (Å²) in [6.45, 7) is 3.90. The molecule has 1 aromatic carbocycles. The Morgan fingerprint density at radius 1 is 1.17 bits per heavy atom. The van der Waals surface area contributed by atoms with Crippen molar-refractivity contribution in [3.63, 3.8) is 0 Å². The highest BCUT2D eigenvalue weighted by Gasteiger charge is 2.18. The monoisotopic (exact) mass is 246 g/mol. The van der Waals surface area contributed by atoms with Gasteiger partial charge in [0.05, 0.1) is 6.61 Å². The fraction of sp³-hybridized carbons (Fsp3) is 0.333. The van der Waals surface area contributed by atoms with Crippen LogP contribution in [0.4, 0.5) is 0 Å². The Hall–Kier alpha value is -1.90. The molecule has 0 spiro atoms. The van der Waals surface area contributed by atoms with Gasteiger partial charge in [-0.3, -0.25) is 4.79 Å². The molecule has 0 bridgehead atoms. The number of hydrogen-bond acceptors (Lipinski definition) is 3. The second-order valence-electron chi connectivity index (χ2n) is 3.86. The molecule has 18 heavy (non-hydrogen) atoms. The summed E-state index contributed by atoms with van der Waals surface area (Å²) in [5.41, 5.74) is 0.954. The van der Waals surface area contributed by atoms with Gasteiger partial charge in [-0.25, -0.2) is 4.79 Å². The van der Waals surface area contributed by atoms with Gasteiger partial charge >= 0.3 is 5.97 Å². The minimum Gasteiger partial charge on any atom is -0.462 e. The van der Waals surface area contributed by atoms with Crippen LogP contribution in [0.15, 0.2) is 35.9 Å². The van der Waals surface area contributed by atoms with Crippen LogP contribution in [0.5, 0.6) is 0 Å². The van der Waals surface area contributed by atoms with E-state index in [1.54, 1.807) is 13.0 Å². The van der Waals surface area contributed by atoms with Crippen LogP contribution in [0, 0.1) is 0 Å². The molecule has 0 saturated carbocycles. The molecule has 1 rings (SSSR count). The van der Waals surface area contributed by atoms with E-state index in [0.717, 1.165) is 5.56 Å². The van der Waals surface area contributed by atoms with Crippen LogP contribution in [0.2, 0.25) is 0 Å². The molecule has 0 amide bonds. The van der Waals surface area contributed by atoms with Gasteiger partial charge in [0.15, 0.2) is 5.78 Å². The smallest absolute Gasteiger partial charge is 0.341 e. The van der Waals surface area contributed by atoms with Crippen molar-refractivity contribution in [1.82, 2.24) is 0 Å². The molecule has 0 atom stereocenters. The van der Waals surface area contributed by atoms with Gasteiger partial charge in [0.2, 0.25) is 0 Å². The molecular formula is C15H18O3. The quantitative estimate of drug-likeness (QED) is 0.335. The Bertz CT molecular complexity index is 412. The average molecular weight is 246 g/mol. The average Bonchev–Trinajstić information content (AvgIpc) is 2.37. The number of rotatable bonds is 6. The molecule has 0 unspecified atom stereocenters. The largest absolute Gasteiger partial charge is 0.462 e. The third kappa shape index (κ3) is 4.17. The van der Waals surface area contributed by atoms with Crippen molar-refractivity contribution in [3.8, 4) is 0 Å². The Labute approximate surface area is 107 Å². The normalized spacial score (nSPS) is 11.1. The summed E-state index contributed by atoms with van der Waals surface area (Å²) >= 11 is 0. The number of ketones is 1. The maximum absolute atomic E-state index is 11.9. The molecule has 0 N–H and O–H groups in total. The van der Waals surface area contributed by atoms with Crippen molar-refractivity contribution in [2.75, 3.05) is 6.61 Å². The van der Waals surface area contributed by atoms with Gasteiger partial charge in [-0.1, -0.05) is 37.3 Å². The van der Waals surface area contributed by atoms with Gasteiger partial charge in [0, 0.05) is 6.42 Å². The highest BCUT2D eigenvalue weighted by atomic mass is 16.5. The molecule has 0 fully saturated rings. The summed E-state index contributed by atoms with van der Waals surface area (Å²) in [6, 6.07) is 9.30. The van der Waals surface area contributed by atoms with E-state index in [-0.39, 0.29) is 18.0 Å². The van der Waals surface area contributed by atoms with E-state index in [1.165, 1.54) is 0 Å². The summed E-state index contributed by atoms with van der Waals surface area (Å²) in [6.07, 6.45) is 2.66. The summed E-state index contributed by atoms with van der Waals surface area (Å²) in [7, 11) is 0. The summed E-state index contributed by atoms with van der Waals surface area (Å²) < 4.78 is 4.92. The Morgan fingerprint density at radius 2 is 1.83 bits per heavy atom. The standard InChI is InChI=1S/C15H18O3/c1-3-8-14(16)13(15(17)18-4-2)11-12-9-6-5-7-10-12/h5-7,9-11H,3-4,8H2,1-2H3/b13-11-. The predicted octanol–water partition coefficient (Wildman–Crippen LogP) is 3.00. The van der Waals surface area contributed by atoms with Crippen LogP contribution >= 0.6 is 0 Å². The molecule has 0 radical (unpaired) electrons. The summed E-state index contributed by atoms with van der Waals surface area (Å²) in [5, 5.41) is 0. The maximum atomic E-state index is 11.9. The second-order valence-corrected chi connectivity index (χ2v) is 3.86. The van der Waals surface area contributed by atoms with Gasteiger partial charge in [0.25, 0.3) is 0 Å². The van der Waals surface area contributed by atoms with E-state index in [1.807, 2.05) is 37.3 Å². The number of esters is 1. The maximum Gasteiger partial charge on any atom is 0.341 e. The van der Waals surface area contributed by atoms with Crippen molar-refractivity contribution in [2.45, 2.75) is 26.7 Å². The van der Waals surface area contributed by atoms with Gasteiger partial charge < -0.3 is 4.74 Å². The Morgan fingerprint density at radius 3 is 2.39 bits per heavy atom. The second kappa shape index (κ2) is 7.43. The van der Waals surface area contributed by atoms with Crippen molar-refractivity contribution in [3.05, 3.63) is 41.5 Å². The Balaban J connectivity index is 3.00. The number of Topliss-reactive ketones (excluding diaryl/α,β-unsaturated/α-hetero) is 1. The molecule has 96 valence electrons. The first-order valence-corrected chi connectivity index (χ1v) is 6.16. The third-order valence-corrected chi connectivity index (χ3v) is 2.38. The van der Waals surface area contributed by atoms with E-state index < -0.39 is 5.97 Å². The lowest BCUT2D eigenvalue weighted by atomic mass is 10.0. The van der Waals surface area contributed by atoms with E-state index >= 15 is 0 Å². The number of benzene rings is 1. The first-order chi connectivity index (χ1) is 8.69. The van der Waals surface area contributed by atoms with Crippen molar-refractivity contribution >= 4 is 17.8 Å². The summed E-state index contributed by atoms with van der Waals surface area (Å²) in [5.74, 6) is -0.709. The van der Waals surface area contributed by atoms with Crippen LogP contribution in [-0.4, -0.2) is 18.4 Å². The van der Waals surface area contributed by atoms with E-state index in [2.05, 4.69) is 0 Å². The van der Waals surface area contributed by atoms with Crippen molar-refractivity contribution in [2.24, 2.45) is 0 Å². The first-order valence-electron chi connectivity index (χ1n) is 6.16. The zero-order valence-corrected chi connectivity index (χ0v) is 10.8. The SMILES string of the molecule is CCCC(=O)/C(=C/c1ccccc1)C(=O)OCC. The predicted molar refractivity (Wildman–Crippen MR) is 71.0 cm³/mol.